The molecule has 0 atom stereocenters. The monoisotopic (exact) mass is 199 g/mol. The molecular weight excluding hydrogens is 190 g/mol. The molecule has 5 heteroatoms. The predicted octanol–water partition coefficient (Wildman–Crippen LogP) is 0.487. The van der Waals surface area contributed by atoms with Crippen molar-refractivity contribution >= 4 is 10.0 Å². The lowest BCUT2D eigenvalue weighted by Gasteiger charge is -2.00. The average molecular weight is 199 g/mol. The average Bonchev–Trinajstić information content (AvgIpc) is 2.42. The number of fused-ring (bicyclic) bond motifs is 1. The third kappa shape index (κ3) is 1.30. The zero-order valence-electron chi connectivity index (χ0n) is 7.07. The Hall–Kier alpha value is -1.07. The van der Waals surface area contributed by atoms with Crippen molar-refractivity contribution < 1.29 is 13.2 Å². The summed E-state index contributed by atoms with van der Waals surface area (Å²) in [6.45, 7) is 0.356. The summed E-state index contributed by atoms with van der Waals surface area (Å²) in [7, 11) is -1.68. The zero-order valence-corrected chi connectivity index (χ0v) is 7.89. The summed E-state index contributed by atoms with van der Waals surface area (Å²) in [4.78, 5) is 0.355. The molecular formula is C8H9NO3S. The van der Waals surface area contributed by atoms with Crippen LogP contribution in [0.25, 0.3) is 0 Å². The fraction of sp³-hybridized carbons (Fsp3) is 0.250. The Bertz CT molecular complexity index is 439. The van der Waals surface area contributed by atoms with Crippen LogP contribution in [0.2, 0.25) is 0 Å². The first-order valence-electron chi connectivity index (χ1n) is 3.80. The minimum Gasteiger partial charge on any atom is -0.497 e. The smallest absolute Gasteiger partial charge is 0.241 e. The van der Waals surface area contributed by atoms with Gasteiger partial charge in [-0.15, -0.1) is 0 Å². The number of hydrogen-bond donors (Lipinski definition) is 1. The van der Waals surface area contributed by atoms with Crippen LogP contribution < -0.4 is 9.46 Å². The Kier molecular flexibility index (Phi) is 1.78. The second-order valence-corrected chi connectivity index (χ2v) is 4.53. The molecule has 0 unspecified atom stereocenters. The Balaban J connectivity index is 2.59. The molecule has 13 heavy (non-hydrogen) atoms. The highest BCUT2D eigenvalue weighted by molar-refractivity contribution is 7.89. The third-order valence-electron chi connectivity index (χ3n) is 2.01. The molecule has 0 spiro atoms. The number of nitrogens with one attached hydrogen (secondary N) is 1. The molecule has 1 N–H and O–H groups in total. The number of hydrogen-bond acceptors (Lipinski definition) is 3. The molecule has 0 aliphatic carbocycles. The number of methoxy groups -OCH3 is 1. The summed E-state index contributed by atoms with van der Waals surface area (Å²) in [6.07, 6.45) is 0. The largest absolute Gasteiger partial charge is 0.497 e. The van der Waals surface area contributed by atoms with Gasteiger partial charge in [-0.05, 0) is 23.8 Å². The van der Waals surface area contributed by atoms with Crippen LogP contribution in [0.4, 0.5) is 0 Å². The molecule has 0 bridgehead atoms. The zero-order chi connectivity index (χ0) is 9.47. The summed E-state index contributed by atoms with van der Waals surface area (Å²) in [5, 5.41) is 0. The molecule has 2 rings (SSSR count). The van der Waals surface area contributed by atoms with Crippen LogP contribution in [0.5, 0.6) is 5.75 Å². The molecule has 1 heterocycles. The highest BCUT2D eigenvalue weighted by atomic mass is 32.2. The summed E-state index contributed by atoms with van der Waals surface area (Å²) in [5.74, 6) is 0.678. The molecule has 0 saturated carbocycles. The van der Waals surface area contributed by atoms with Gasteiger partial charge in [0.15, 0.2) is 0 Å². The molecule has 1 aliphatic rings. The highest BCUT2D eigenvalue weighted by Gasteiger charge is 2.25. The second-order valence-electron chi connectivity index (χ2n) is 2.80. The quantitative estimate of drug-likeness (QED) is 0.716. The van der Waals surface area contributed by atoms with Gasteiger partial charge in [0.25, 0.3) is 0 Å². The van der Waals surface area contributed by atoms with Crippen LogP contribution in [-0.2, 0) is 16.6 Å². The van der Waals surface area contributed by atoms with Crippen molar-refractivity contribution in [3.8, 4) is 5.75 Å². The van der Waals surface area contributed by atoms with Gasteiger partial charge in [-0.1, -0.05) is 0 Å². The van der Waals surface area contributed by atoms with Crippen molar-refractivity contribution in [1.82, 2.24) is 4.72 Å². The highest BCUT2D eigenvalue weighted by Crippen LogP contribution is 2.25. The van der Waals surface area contributed by atoms with Crippen LogP contribution in [-0.4, -0.2) is 15.5 Å². The molecule has 70 valence electrons. The Morgan fingerprint density at radius 1 is 1.46 bits per heavy atom. The van der Waals surface area contributed by atoms with E-state index in [0.717, 1.165) is 5.56 Å². The summed E-state index contributed by atoms with van der Waals surface area (Å²) in [5.41, 5.74) is 0.763. The fourth-order valence-electron chi connectivity index (χ4n) is 1.33. The van der Waals surface area contributed by atoms with Crippen molar-refractivity contribution in [2.45, 2.75) is 11.4 Å². The van der Waals surface area contributed by atoms with E-state index in [1.165, 1.54) is 0 Å². The van der Waals surface area contributed by atoms with E-state index in [0.29, 0.717) is 17.2 Å². The van der Waals surface area contributed by atoms with Gasteiger partial charge in [0.05, 0.1) is 12.0 Å². The van der Waals surface area contributed by atoms with Crippen molar-refractivity contribution in [3.63, 3.8) is 0 Å². The molecule has 0 fully saturated rings. The van der Waals surface area contributed by atoms with Crippen molar-refractivity contribution in [1.29, 1.82) is 0 Å². The van der Waals surface area contributed by atoms with Gasteiger partial charge in [0.1, 0.15) is 5.75 Å². The first-order chi connectivity index (χ1) is 6.13. The number of benzene rings is 1. The molecule has 0 aromatic heterocycles. The Labute approximate surface area is 76.6 Å². The normalized spacial score (nSPS) is 18.2. The lowest BCUT2D eigenvalue weighted by molar-refractivity contribution is 0.414. The van der Waals surface area contributed by atoms with Crippen molar-refractivity contribution in [2.24, 2.45) is 0 Å². The van der Waals surface area contributed by atoms with Crippen LogP contribution in [0.15, 0.2) is 23.1 Å². The molecule has 0 amide bonds. The number of sulfonamides is 1. The van der Waals surface area contributed by atoms with Crippen molar-refractivity contribution in [2.75, 3.05) is 7.11 Å². The van der Waals surface area contributed by atoms with Crippen LogP contribution in [0, 0.1) is 0 Å². The van der Waals surface area contributed by atoms with Gasteiger partial charge in [-0.2, -0.15) is 0 Å². The minimum absolute atomic E-state index is 0.355. The first kappa shape index (κ1) is 8.52. The van der Waals surface area contributed by atoms with E-state index >= 15 is 0 Å². The van der Waals surface area contributed by atoms with E-state index < -0.39 is 10.0 Å². The maximum atomic E-state index is 11.3. The van der Waals surface area contributed by atoms with E-state index in [1.807, 2.05) is 0 Å². The molecule has 4 nitrogen and oxygen atoms in total. The maximum absolute atomic E-state index is 11.3. The molecule has 0 radical (unpaired) electrons. The Morgan fingerprint density at radius 3 is 2.92 bits per heavy atom. The number of ether oxygens (including phenoxy) is 1. The SMILES string of the molecule is COc1ccc2c(c1)CNS2(=O)=O. The van der Waals surface area contributed by atoms with E-state index in [2.05, 4.69) is 4.72 Å². The predicted molar refractivity (Wildman–Crippen MR) is 47.0 cm³/mol. The van der Waals surface area contributed by atoms with Gasteiger partial charge < -0.3 is 4.74 Å². The lowest BCUT2D eigenvalue weighted by Crippen LogP contribution is -2.13. The topological polar surface area (TPSA) is 55.4 Å². The van der Waals surface area contributed by atoms with Crippen LogP contribution in [0.1, 0.15) is 5.56 Å². The van der Waals surface area contributed by atoms with Crippen LogP contribution >= 0.6 is 0 Å². The van der Waals surface area contributed by atoms with E-state index in [1.54, 1.807) is 25.3 Å². The van der Waals surface area contributed by atoms with Gasteiger partial charge in [0.2, 0.25) is 10.0 Å². The van der Waals surface area contributed by atoms with Gasteiger partial charge in [-0.25, -0.2) is 13.1 Å². The first-order valence-corrected chi connectivity index (χ1v) is 5.28. The molecule has 1 aromatic rings. The summed E-state index contributed by atoms with van der Waals surface area (Å²) in [6, 6.07) is 4.93. The fourth-order valence-corrected chi connectivity index (χ4v) is 2.56. The maximum Gasteiger partial charge on any atom is 0.241 e. The van der Waals surface area contributed by atoms with E-state index in [4.69, 9.17) is 4.74 Å². The standard InChI is InChI=1S/C8H9NO3S/c1-12-7-2-3-8-6(4-7)5-9-13(8,10)11/h2-4,9H,5H2,1H3. The molecule has 1 aromatic carbocycles. The van der Waals surface area contributed by atoms with Crippen molar-refractivity contribution in [3.05, 3.63) is 23.8 Å². The second kappa shape index (κ2) is 2.71. The number of rotatable bonds is 1. The minimum atomic E-state index is -3.24. The van der Waals surface area contributed by atoms with E-state index in [-0.39, 0.29) is 0 Å². The van der Waals surface area contributed by atoms with E-state index in [9.17, 15) is 8.42 Å². The van der Waals surface area contributed by atoms with Gasteiger partial charge in [-0.3, -0.25) is 0 Å². The summed E-state index contributed by atoms with van der Waals surface area (Å²) >= 11 is 0. The Morgan fingerprint density at radius 2 is 2.23 bits per heavy atom. The van der Waals surface area contributed by atoms with Gasteiger partial charge >= 0.3 is 0 Å². The van der Waals surface area contributed by atoms with Crippen LogP contribution in [0.3, 0.4) is 0 Å². The van der Waals surface area contributed by atoms with Gasteiger partial charge in [0, 0.05) is 6.54 Å². The molecule has 0 saturated heterocycles. The molecule has 1 aliphatic heterocycles. The third-order valence-corrected chi connectivity index (χ3v) is 3.51. The lowest BCUT2D eigenvalue weighted by atomic mass is 10.2. The summed E-state index contributed by atoms with van der Waals surface area (Å²) < 4.78 is 30.0.